The molecule has 3 aliphatic carbocycles. The number of aliphatic hydroxyl groups is 1. The summed E-state index contributed by atoms with van der Waals surface area (Å²) in [6, 6.07) is 31.0. The fraction of sp³-hybridized carbons (Fsp3) is 0.351. The van der Waals surface area contributed by atoms with Crippen molar-refractivity contribution < 1.29 is 5.11 Å². The largest absolute Gasteiger partial charge is 0.376 e. The van der Waals surface area contributed by atoms with Gasteiger partial charge in [-0.05, 0) is 82.0 Å². The summed E-state index contributed by atoms with van der Waals surface area (Å²) in [7, 11) is 0. The molecule has 0 radical (unpaired) electrons. The molecule has 39 heavy (non-hydrogen) atoms. The van der Waals surface area contributed by atoms with Gasteiger partial charge in [-0.2, -0.15) is 0 Å². The van der Waals surface area contributed by atoms with Gasteiger partial charge in [0.2, 0.25) is 0 Å². The number of fused-ring (bicyclic) bond motifs is 3. The van der Waals surface area contributed by atoms with Gasteiger partial charge in [0.05, 0.1) is 0 Å². The zero-order valence-electron chi connectivity index (χ0n) is 23.1. The summed E-state index contributed by atoms with van der Waals surface area (Å²) in [5.41, 5.74) is 9.47. The van der Waals surface area contributed by atoms with E-state index in [0.717, 1.165) is 37.9 Å². The average molecular weight is 578 g/mol. The van der Waals surface area contributed by atoms with Gasteiger partial charge in [-0.1, -0.05) is 128 Å². The molecule has 1 atom stereocenters. The van der Waals surface area contributed by atoms with Crippen molar-refractivity contribution in [2.24, 2.45) is 0 Å². The summed E-state index contributed by atoms with van der Waals surface area (Å²) in [5.74, 6) is 0. The predicted molar refractivity (Wildman–Crippen MR) is 165 cm³/mol. The monoisotopic (exact) mass is 576 g/mol. The molecule has 0 spiro atoms. The molecule has 198 valence electrons. The van der Waals surface area contributed by atoms with E-state index in [1.165, 1.54) is 68.1 Å². The summed E-state index contributed by atoms with van der Waals surface area (Å²) in [5, 5.41) is 13.0. The van der Waals surface area contributed by atoms with E-state index in [4.69, 9.17) is 0 Å². The predicted octanol–water partition coefficient (Wildman–Crippen LogP) is 10.0. The molecular formula is C37H37BrO. The van der Waals surface area contributed by atoms with Crippen LogP contribution in [0.15, 0.2) is 89.4 Å². The molecular weight excluding hydrogens is 540 g/mol. The Bertz CT molecular complexity index is 1550. The number of halogens is 1. The zero-order chi connectivity index (χ0) is 26.8. The Labute approximate surface area is 241 Å². The zero-order valence-corrected chi connectivity index (χ0v) is 24.7. The van der Waals surface area contributed by atoms with Crippen LogP contribution in [0.5, 0.6) is 0 Å². The van der Waals surface area contributed by atoms with Crippen molar-refractivity contribution in [1.29, 1.82) is 0 Å². The lowest BCUT2D eigenvalue weighted by atomic mass is 9.74. The van der Waals surface area contributed by atoms with Crippen molar-refractivity contribution in [3.05, 3.63) is 117 Å². The smallest absolute Gasteiger partial charge is 0.142 e. The molecule has 3 aliphatic rings. The molecule has 2 heteroatoms. The molecule has 0 bridgehead atoms. The Balaban J connectivity index is 1.45. The van der Waals surface area contributed by atoms with Gasteiger partial charge in [-0.15, -0.1) is 0 Å². The number of hydrogen-bond acceptors (Lipinski definition) is 1. The number of benzene rings is 4. The van der Waals surface area contributed by atoms with Gasteiger partial charge in [-0.25, -0.2) is 0 Å². The Kier molecular flexibility index (Phi) is 5.95. The van der Waals surface area contributed by atoms with Crippen LogP contribution in [0.4, 0.5) is 0 Å². The maximum atomic E-state index is 13.0. The molecule has 0 aromatic heterocycles. The van der Waals surface area contributed by atoms with Gasteiger partial charge in [0.1, 0.15) is 5.60 Å². The molecule has 0 aliphatic heterocycles. The third kappa shape index (κ3) is 3.90. The van der Waals surface area contributed by atoms with Crippen LogP contribution in [0.1, 0.15) is 93.0 Å². The van der Waals surface area contributed by atoms with Gasteiger partial charge in [0.25, 0.3) is 0 Å². The average Bonchev–Trinajstić information content (AvgIpc) is 3.67. The van der Waals surface area contributed by atoms with Crippen molar-refractivity contribution >= 4 is 15.9 Å². The van der Waals surface area contributed by atoms with E-state index in [1.807, 2.05) is 0 Å². The second-order valence-corrected chi connectivity index (χ2v) is 13.7. The highest BCUT2D eigenvalue weighted by atomic mass is 79.9. The molecule has 0 saturated heterocycles. The third-order valence-corrected chi connectivity index (χ3v) is 10.9. The lowest BCUT2D eigenvalue weighted by molar-refractivity contribution is 0.131. The minimum absolute atomic E-state index is 0.156. The van der Waals surface area contributed by atoms with Gasteiger partial charge < -0.3 is 5.11 Å². The van der Waals surface area contributed by atoms with Crippen LogP contribution in [-0.4, -0.2) is 5.11 Å². The van der Waals surface area contributed by atoms with Crippen LogP contribution in [0, 0.1) is 0 Å². The molecule has 1 N–H and O–H groups in total. The SMILES string of the molecule is CC1(c2ccc(-c3ccc(C4(C)CCCC4)cc3C3(O)c4ccccc4-c4ccc(Br)cc43)cc2)CCCC1. The maximum absolute atomic E-state index is 13.0. The maximum Gasteiger partial charge on any atom is 0.142 e. The van der Waals surface area contributed by atoms with E-state index in [9.17, 15) is 5.11 Å². The molecule has 0 heterocycles. The van der Waals surface area contributed by atoms with Crippen molar-refractivity contribution in [2.75, 3.05) is 0 Å². The van der Waals surface area contributed by atoms with Crippen LogP contribution in [-0.2, 0) is 16.4 Å². The minimum Gasteiger partial charge on any atom is -0.376 e. The lowest BCUT2D eigenvalue weighted by Crippen LogP contribution is -2.28. The van der Waals surface area contributed by atoms with Crippen LogP contribution in [0.3, 0.4) is 0 Å². The standard InChI is InChI=1S/C37H37BrO/c1-35(19-5-6-20-35)26-13-11-25(12-14-26)29-17-15-27(36(2)21-7-8-22-36)23-33(29)37(39)32-10-4-3-9-30(32)31-18-16-28(38)24-34(31)37/h3-4,9-18,23-24,39H,5-8,19-22H2,1-2H3. The van der Waals surface area contributed by atoms with Crippen LogP contribution in [0.2, 0.25) is 0 Å². The molecule has 1 nitrogen and oxygen atoms in total. The molecule has 2 fully saturated rings. The van der Waals surface area contributed by atoms with Gasteiger partial charge in [0.15, 0.2) is 0 Å². The quantitative estimate of drug-likeness (QED) is 0.256. The van der Waals surface area contributed by atoms with Crippen molar-refractivity contribution in [3.8, 4) is 22.3 Å². The lowest BCUT2D eigenvalue weighted by Gasteiger charge is -2.32. The summed E-state index contributed by atoms with van der Waals surface area (Å²) in [6.45, 7) is 4.83. The fourth-order valence-electron chi connectivity index (χ4n) is 7.93. The van der Waals surface area contributed by atoms with Crippen LogP contribution < -0.4 is 0 Å². The van der Waals surface area contributed by atoms with Crippen LogP contribution in [0.25, 0.3) is 22.3 Å². The Morgan fingerprint density at radius 1 is 0.564 bits per heavy atom. The third-order valence-electron chi connectivity index (χ3n) is 10.4. The Hall–Kier alpha value is -2.68. The summed E-state index contributed by atoms with van der Waals surface area (Å²) >= 11 is 3.71. The molecule has 1 unspecified atom stereocenters. The second-order valence-electron chi connectivity index (χ2n) is 12.8. The number of hydrogen-bond donors (Lipinski definition) is 1. The first-order valence-electron chi connectivity index (χ1n) is 14.7. The number of rotatable bonds is 4. The van der Waals surface area contributed by atoms with E-state index < -0.39 is 5.60 Å². The fourth-order valence-corrected chi connectivity index (χ4v) is 8.29. The molecule has 0 amide bonds. The first-order valence-corrected chi connectivity index (χ1v) is 15.5. The van der Waals surface area contributed by atoms with E-state index in [2.05, 4.69) is 115 Å². The van der Waals surface area contributed by atoms with E-state index in [0.29, 0.717) is 0 Å². The first kappa shape index (κ1) is 25.3. The summed E-state index contributed by atoms with van der Waals surface area (Å²) < 4.78 is 0.988. The summed E-state index contributed by atoms with van der Waals surface area (Å²) in [6.07, 6.45) is 10.1. The van der Waals surface area contributed by atoms with Crippen molar-refractivity contribution in [3.63, 3.8) is 0 Å². The van der Waals surface area contributed by atoms with Gasteiger partial charge in [-0.3, -0.25) is 0 Å². The highest BCUT2D eigenvalue weighted by Gasteiger charge is 2.45. The van der Waals surface area contributed by atoms with Gasteiger partial charge in [0, 0.05) is 21.2 Å². The minimum atomic E-state index is -1.23. The molecule has 7 rings (SSSR count). The second kappa shape index (κ2) is 9.18. The van der Waals surface area contributed by atoms with E-state index in [-0.39, 0.29) is 10.8 Å². The molecule has 2 saturated carbocycles. The highest BCUT2D eigenvalue weighted by Crippen LogP contribution is 2.54. The van der Waals surface area contributed by atoms with Gasteiger partial charge >= 0.3 is 0 Å². The van der Waals surface area contributed by atoms with E-state index in [1.54, 1.807) is 0 Å². The highest BCUT2D eigenvalue weighted by molar-refractivity contribution is 9.10. The van der Waals surface area contributed by atoms with E-state index >= 15 is 0 Å². The van der Waals surface area contributed by atoms with Crippen molar-refractivity contribution in [2.45, 2.75) is 81.6 Å². The molecule has 4 aromatic carbocycles. The summed E-state index contributed by atoms with van der Waals surface area (Å²) in [4.78, 5) is 0. The Morgan fingerprint density at radius 3 is 1.79 bits per heavy atom. The first-order chi connectivity index (χ1) is 18.8. The Morgan fingerprint density at radius 2 is 1.10 bits per heavy atom. The van der Waals surface area contributed by atoms with Crippen LogP contribution >= 0.6 is 15.9 Å². The topological polar surface area (TPSA) is 20.2 Å². The molecule has 4 aromatic rings. The van der Waals surface area contributed by atoms with Crippen molar-refractivity contribution in [1.82, 2.24) is 0 Å². The normalized spacial score (nSPS) is 22.6.